The van der Waals surface area contributed by atoms with Crippen LogP contribution in [0.3, 0.4) is 0 Å². The Morgan fingerprint density at radius 3 is 2.48 bits per heavy atom. The van der Waals surface area contributed by atoms with Crippen molar-refractivity contribution < 1.29 is 13.6 Å². The van der Waals surface area contributed by atoms with Crippen molar-refractivity contribution in [2.75, 3.05) is 5.32 Å². The summed E-state index contributed by atoms with van der Waals surface area (Å²) >= 11 is 8.24. The number of anilines is 1. The predicted molar refractivity (Wildman–Crippen MR) is 95.2 cm³/mol. The van der Waals surface area contributed by atoms with Crippen LogP contribution in [0.15, 0.2) is 46.8 Å². The van der Waals surface area contributed by atoms with E-state index in [4.69, 9.17) is 11.6 Å². The van der Waals surface area contributed by atoms with Crippen LogP contribution in [0.2, 0.25) is 5.02 Å². The molecular weight excluding hydrogens is 388 g/mol. The number of halogens is 3. The topological polar surface area (TPSA) is 54.9 Å². The minimum atomic E-state index is -0.621. The van der Waals surface area contributed by atoms with Crippen molar-refractivity contribution >= 4 is 45.7 Å². The lowest BCUT2D eigenvalue weighted by Gasteiger charge is -2.01. The number of thioether (sulfide) groups is 1. The normalized spacial score (nSPS) is 10.7. The third-order valence-corrected chi connectivity index (χ3v) is 5.31. The summed E-state index contributed by atoms with van der Waals surface area (Å²) in [6, 6.07) is 9.80. The molecule has 0 atom stereocenters. The molecule has 0 unspecified atom stereocenters. The molecule has 0 saturated heterocycles. The van der Waals surface area contributed by atoms with Crippen LogP contribution < -0.4 is 5.32 Å². The van der Waals surface area contributed by atoms with Crippen LogP contribution in [0.1, 0.15) is 15.9 Å². The molecule has 3 aromatic rings. The van der Waals surface area contributed by atoms with Crippen molar-refractivity contribution in [3.63, 3.8) is 0 Å². The molecule has 0 aliphatic heterocycles. The van der Waals surface area contributed by atoms with Crippen molar-refractivity contribution in [2.24, 2.45) is 0 Å². The lowest BCUT2D eigenvalue weighted by Crippen LogP contribution is -2.11. The molecule has 0 fully saturated rings. The molecule has 25 heavy (non-hydrogen) atoms. The van der Waals surface area contributed by atoms with Gasteiger partial charge in [-0.25, -0.2) is 8.78 Å². The van der Waals surface area contributed by atoms with E-state index in [1.54, 1.807) is 24.3 Å². The molecule has 0 radical (unpaired) electrons. The molecule has 0 spiro atoms. The van der Waals surface area contributed by atoms with Gasteiger partial charge in [-0.1, -0.05) is 34.7 Å². The highest BCUT2D eigenvalue weighted by atomic mass is 35.5. The zero-order chi connectivity index (χ0) is 17.8. The Hall–Kier alpha value is -2.03. The fraction of sp³-hybridized carbons (Fsp3) is 0.0625. The van der Waals surface area contributed by atoms with Gasteiger partial charge in [0.25, 0.3) is 5.91 Å². The third-order valence-electron chi connectivity index (χ3n) is 3.02. The van der Waals surface area contributed by atoms with Crippen LogP contribution in [-0.2, 0) is 5.75 Å². The maximum Gasteiger partial charge on any atom is 0.257 e. The number of rotatable bonds is 5. The second-order valence-electron chi connectivity index (χ2n) is 4.90. The lowest BCUT2D eigenvalue weighted by atomic mass is 10.2. The minimum Gasteiger partial charge on any atom is -0.296 e. The largest absolute Gasteiger partial charge is 0.296 e. The molecule has 1 amide bonds. The van der Waals surface area contributed by atoms with Crippen molar-refractivity contribution in [3.05, 3.63) is 70.2 Å². The molecule has 3 rings (SSSR count). The van der Waals surface area contributed by atoms with Gasteiger partial charge >= 0.3 is 0 Å². The molecular formula is C16H10ClF2N3OS2. The quantitative estimate of drug-likeness (QED) is 0.485. The second-order valence-corrected chi connectivity index (χ2v) is 7.54. The maximum absolute atomic E-state index is 13.2. The van der Waals surface area contributed by atoms with Crippen LogP contribution in [0, 0.1) is 11.6 Å². The average Bonchev–Trinajstić information content (AvgIpc) is 3.00. The van der Waals surface area contributed by atoms with E-state index >= 15 is 0 Å². The Bertz CT molecular complexity index is 882. The van der Waals surface area contributed by atoms with Gasteiger partial charge in [0, 0.05) is 22.4 Å². The Morgan fingerprint density at radius 1 is 1.12 bits per heavy atom. The standard InChI is InChI=1S/C16H10ClF2N3OS2/c17-11-3-1-10(2-4-11)14(23)20-15-21-22-16(25-15)24-8-9-5-12(18)7-13(19)6-9/h1-7H,8H2,(H,20,21,23). The number of aromatic nitrogens is 2. The minimum absolute atomic E-state index is 0.323. The molecule has 1 aromatic heterocycles. The number of benzene rings is 2. The summed E-state index contributed by atoms with van der Waals surface area (Å²) in [4.78, 5) is 12.1. The number of carbonyl (C=O) groups excluding carboxylic acids is 1. The smallest absolute Gasteiger partial charge is 0.257 e. The summed E-state index contributed by atoms with van der Waals surface area (Å²) in [5.41, 5.74) is 0.952. The van der Waals surface area contributed by atoms with Crippen LogP contribution in [0.4, 0.5) is 13.9 Å². The Balaban J connectivity index is 1.60. The van der Waals surface area contributed by atoms with E-state index in [-0.39, 0.29) is 5.91 Å². The number of nitrogens with one attached hydrogen (secondary N) is 1. The molecule has 0 saturated carbocycles. The highest BCUT2D eigenvalue weighted by molar-refractivity contribution is 8.00. The molecule has 0 aliphatic rings. The monoisotopic (exact) mass is 397 g/mol. The summed E-state index contributed by atoms with van der Waals surface area (Å²) in [5, 5.41) is 11.4. The van der Waals surface area contributed by atoms with E-state index in [0.717, 1.165) is 6.07 Å². The third kappa shape index (κ3) is 4.97. The highest BCUT2D eigenvalue weighted by Crippen LogP contribution is 2.29. The first-order chi connectivity index (χ1) is 12.0. The summed E-state index contributed by atoms with van der Waals surface area (Å²) < 4.78 is 26.9. The molecule has 128 valence electrons. The second kappa shape index (κ2) is 7.90. The first-order valence-corrected chi connectivity index (χ1v) is 9.16. The molecule has 9 heteroatoms. The van der Waals surface area contributed by atoms with Crippen molar-refractivity contribution in [2.45, 2.75) is 10.1 Å². The van der Waals surface area contributed by atoms with Gasteiger partial charge in [0.1, 0.15) is 11.6 Å². The predicted octanol–water partition coefficient (Wildman–Crippen LogP) is 5.01. The molecule has 1 heterocycles. The summed E-state index contributed by atoms with van der Waals surface area (Å²) in [7, 11) is 0. The van der Waals surface area contributed by atoms with Gasteiger partial charge in [0.15, 0.2) is 4.34 Å². The van der Waals surface area contributed by atoms with E-state index in [1.807, 2.05) is 0 Å². The number of hydrogen-bond acceptors (Lipinski definition) is 5. The Labute approximate surface area is 155 Å². The average molecular weight is 398 g/mol. The van der Waals surface area contributed by atoms with Crippen LogP contribution in [-0.4, -0.2) is 16.1 Å². The number of nitrogens with zero attached hydrogens (tertiary/aromatic N) is 2. The SMILES string of the molecule is O=C(Nc1nnc(SCc2cc(F)cc(F)c2)s1)c1ccc(Cl)cc1. The van der Waals surface area contributed by atoms with Gasteiger partial charge in [-0.05, 0) is 42.0 Å². The molecule has 2 aromatic carbocycles. The van der Waals surface area contributed by atoms with Gasteiger partial charge in [-0.2, -0.15) is 0 Å². The highest BCUT2D eigenvalue weighted by Gasteiger charge is 2.11. The summed E-state index contributed by atoms with van der Waals surface area (Å²) in [6.45, 7) is 0. The van der Waals surface area contributed by atoms with E-state index in [1.165, 1.54) is 35.2 Å². The Kier molecular flexibility index (Phi) is 5.62. The number of hydrogen-bond donors (Lipinski definition) is 1. The zero-order valence-corrected chi connectivity index (χ0v) is 14.9. The molecule has 1 N–H and O–H groups in total. The van der Waals surface area contributed by atoms with Crippen LogP contribution in [0.5, 0.6) is 0 Å². The fourth-order valence-corrected chi connectivity index (χ4v) is 3.73. The zero-order valence-electron chi connectivity index (χ0n) is 12.5. The maximum atomic E-state index is 13.2. The summed E-state index contributed by atoms with van der Waals surface area (Å²) in [5.74, 6) is -1.22. The van der Waals surface area contributed by atoms with Crippen LogP contribution >= 0.6 is 34.7 Å². The first kappa shape index (κ1) is 17.8. The number of carbonyl (C=O) groups is 1. The molecule has 4 nitrogen and oxygen atoms in total. The lowest BCUT2D eigenvalue weighted by molar-refractivity contribution is 0.102. The Morgan fingerprint density at radius 2 is 1.80 bits per heavy atom. The van der Waals surface area contributed by atoms with E-state index in [9.17, 15) is 13.6 Å². The van der Waals surface area contributed by atoms with Gasteiger partial charge < -0.3 is 0 Å². The van der Waals surface area contributed by atoms with Crippen LogP contribution in [0.25, 0.3) is 0 Å². The van der Waals surface area contributed by atoms with Gasteiger partial charge in [0.2, 0.25) is 5.13 Å². The number of amides is 1. The van der Waals surface area contributed by atoms with E-state index in [2.05, 4.69) is 15.5 Å². The van der Waals surface area contributed by atoms with Crippen molar-refractivity contribution in [3.8, 4) is 0 Å². The van der Waals surface area contributed by atoms with Crippen molar-refractivity contribution in [1.29, 1.82) is 0 Å². The first-order valence-electron chi connectivity index (χ1n) is 6.98. The fourth-order valence-electron chi connectivity index (χ4n) is 1.93. The summed E-state index contributed by atoms with van der Waals surface area (Å²) in [6.07, 6.45) is 0. The molecule has 0 aliphatic carbocycles. The molecule has 0 bridgehead atoms. The van der Waals surface area contributed by atoms with Crippen molar-refractivity contribution in [1.82, 2.24) is 10.2 Å². The van der Waals surface area contributed by atoms with Gasteiger partial charge in [0.05, 0.1) is 0 Å². The van der Waals surface area contributed by atoms with E-state index in [0.29, 0.717) is 31.4 Å². The van der Waals surface area contributed by atoms with Gasteiger partial charge in [-0.3, -0.25) is 10.1 Å². The van der Waals surface area contributed by atoms with Gasteiger partial charge in [-0.15, -0.1) is 10.2 Å². The van der Waals surface area contributed by atoms with E-state index < -0.39 is 11.6 Å².